The Hall–Kier alpha value is -2.03. The van der Waals surface area contributed by atoms with Crippen LogP contribution >= 0.6 is 0 Å². The van der Waals surface area contributed by atoms with Gasteiger partial charge in [-0.05, 0) is 110 Å². The molecule has 2 unspecified atom stereocenters. The third kappa shape index (κ3) is 9.86. The van der Waals surface area contributed by atoms with Crippen molar-refractivity contribution in [2.75, 3.05) is 0 Å². The SMILES string of the molecule is C=C1[C@H](C/C=C(\C)C(CC=C(C)C)O[C@@H]2O[C@H](C)[C@H](O[C@@H]3O[C@@H](C)[C@H](O)[C@@H](O)[C@H]3O)[C@H](O)[C@H]2O)[C@@H](/C=C(\C)C(O)CC=C(C)C)C(=O)[C@@]2(C)CCC[C@@H]12. The largest absolute Gasteiger partial charge is 0.388 e. The van der Waals surface area contributed by atoms with Gasteiger partial charge in [-0.25, -0.2) is 0 Å². The van der Waals surface area contributed by atoms with Crippen LogP contribution in [0.1, 0.15) is 101 Å². The summed E-state index contributed by atoms with van der Waals surface area (Å²) in [6.07, 6.45) is -1.80. The summed E-state index contributed by atoms with van der Waals surface area (Å²) in [7, 11) is 0. The topological polar surface area (TPSA) is 175 Å². The third-order valence-electron chi connectivity index (χ3n) is 12.0. The fraction of sp³-hybridized carbons (Fsp3) is 0.738. The number of allylic oxidation sites excluding steroid dienone is 5. The van der Waals surface area contributed by atoms with E-state index in [0.29, 0.717) is 19.3 Å². The number of aliphatic hydroxyl groups excluding tert-OH is 6. The smallest absolute Gasteiger partial charge is 0.187 e. The van der Waals surface area contributed by atoms with Crippen LogP contribution in [0.3, 0.4) is 0 Å². The van der Waals surface area contributed by atoms with Gasteiger partial charge in [-0.15, -0.1) is 0 Å². The normalized spacial score (nSPS) is 40.8. The Labute approximate surface area is 316 Å². The van der Waals surface area contributed by atoms with E-state index in [4.69, 9.17) is 18.9 Å². The van der Waals surface area contributed by atoms with Gasteiger partial charge in [-0.2, -0.15) is 0 Å². The van der Waals surface area contributed by atoms with Crippen molar-refractivity contribution in [2.45, 2.75) is 174 Å². The number of ketones is 1. The van der Waals surface area contributed by atoms with E-state index in [9.17, 15) is 35.4 Å². The Kier molecular flexibility index (Phi) is 15.1. The summed E-state index contributed by atoms with van der Waals surface area (Å²) in [5, 5.41) is 64.1. The number of carbonyl (C=O) groups is 1. The van der Waals surface area contributed by atoms with Crippen LogP contribution in [-0.4, -0.2) is 110 Å². The number of ether oxygens (including phenoxy) is 4. The lowest BCUT2D eigenvalue weighted by molar-refractivity contribution is -0.354. The van der Waals surface area contributed by atoms with Crippen molar-refractivity contribution in [1.29, 1.82) is 0 Å². The van der Waals surface area contributed by atoms with E-state index < -0.39 is 85.0 Å². The molecule has 11 nitrogen and oxygen atoms in total. The number of Topliss-reactive ketones (excluding diaryl/α,β-unsaturated/α-hetero) is 1. The fourth-order valence-electron chi connectivity index (χ4n) is 8.41. The standard InChI is InChI=1S/C42H66O11/c1-21(2)13-17-31(43)24(6)20-29-28(25(7)30-12-11-19-42(30,10)39(29)49)16-15-23(5)32(18-14-22(3)4)52-40-37(48)35(46)38(27(9)51-40)53-41-36(47)34(45)33(44)26(8)50-41/h13-15,20,26-38,40-41,43-48H,7,11-12,16-19H2,1-6,8-10H3/b23-15+,24-20+/t26-,27+,28-,29+,30-,31?,32?,33-,34+,35+,36+,37+,38-,40-,41-,42-/m0/s1. The van der Waals surface area contributed by atoms with Crippen molar-refractivity contribution in [3.63, 3.8) is 0 Å². The van der Waals surface area contributed by atoms with E-state index in [0.717, 1.165) is 47.1 Å². The van der Waals surface area contributed by atoms with Crippen LogP contribution in [-0.2, 0) is 23.7 Å². The molecule has 4 fully saturated rings. The minimum Gasteiger partial charge on any atom is -0.388 e. The molecule has 2 saturated heterocycles. The zero-order valence-corrected chi connectivity index (χ0v) is 33.1. The number of hydrogen-bond acceptors (Lipinski definition) is 11. The predicted octanol–water partition coefficient (Wildman–Crippen LogP) is 4.58. The minimum atomic E-state index is -1.59. The first-order valence-corrected chi connectivity index (χ1v) is 19.3. The number of rotatable bonds is 13. The second-order valence-corrected chi connectivity index (χ2v) is 16.7. The van der Waals surface area contributed by atoms with Crippen molar-refractivity contribution in [2.24, 2.45) is 23.2 Å². The summed E-state index contributed by atoms with van der Waals surface area (Å²) in [6.45, 7) is 21.6. The van der Waals surface area contributed by atoms with Crippen LogP contribution in [0.15, 0.2) is 58.7 Å². The van der Waals surface area contributed by atoms with Gasteiger partial charge >= 0.3 is 0 Å². The molecule has 2 saturated carbocycles. The lowest BCUT2D eigenvalue weighted by Gasteiger charge is -2.46. The lowest BCUT2D eigenvalue weighted by Crippen LogP contribution is -2.63. The number of aliphatic hydroxyl groups is 6. The quantitative estimate of drug-likeness (QED) is 0.146. The van der Waals surface area contributed by atoms with E-state index in [1.165, 1.54) is 6.92 Å². The van der Waals surface area contributed by atoms with E-state index in [-0.39, 0.29) is 17.6 Å². The highest BCUT2D eigenvalue weighted by molar-refractivity contribution is 5.91. The molecule has 11 heteroatoms. The maximum Gasteiger partial charge on any atom is 0.187 e. The van der Waals surface area contributed by atoms with E-state index in [2.05, 4.69) is 19.6 Å². The molecule has 16 atom stereocenters. The highest BCUT2D eigenvalue weighted by atomic mass is 16.7. The molecule has 0 spiro atoms. The summed E-state index contributed by atoms with van der Waals surface area (Å²) in [5.41, 5.74) is 4.43. The van der Waals surface area contributed by atoms with Crippen LogP contribution in [0, 0.1) is 23.2 Å². The Balaban J connectivity index is 1.54. The third-order valence-corrected chi connectivity index (χ3v) is 12.0. The van der Waals surface area contributed by atoms with Crippen LogP contribution in [0.5, 0.6) is 0 Å². The predicted molar refractivity (Wildman–Crippen MR) is 201 cm³/mol. The first-order valence-electron chi connectivity index (χ1n) is 19.3. The number of hydrogen-bond donors (Lipinski definition) is 6. The molecule has 0 aromatic rings. The highest BCUT2D eigenvalue weighted by Crippen LogP contribution is 2.56. The van der Waals surface area contributed by atoms with Crippen LogP contribution in [0.25, 0.3) is 0 Å². The van der Waals surface area contributed by atoms with Gasteiger partial charge < -0.3 is 49.6 Å². The average Bonchev–Trinajstić information content (AvgIpc) is 3.51. The van der Waals surface area contributed by atoms with Crippen LogP contribution < -0.4 is 0 Å². The molecule has 0 radical (unpaired) electrons. The average molecular weight is 747 g/mol. The Morgan fingerprint density at radius 2 is 1.45 bits per heavy atom. The fourth-order valence-corrected chi connectivity index (χ4v) is 8.41. The lowest BCUT2D eigenvalue weighted by atomic mass is 9.57. The van der Waals surface area contributed by atoms with Crippen molar-refractivity contribution >= 4 is 5.78 Å². The maximum atomic E-state index is 14.3. The van der Waals surface area contributed by atoms with Crippen molar-refractivity contribution < 1.29 is 54.4 Å². The monoisotopic (exact) mass is 746 g/mol. The number of carbonyl (C=O) groups excluding carboxylic acids is 1. The van der Waals surface area contributed by atoms with Crippen LogP contribution in [0.4, 0.5) is 0 Å². The van der Waals surface area contributed by atoms with E-state index in [1.807, 2.05) is 59.8 Å². The molecule has 4 rings (SSSR count). The molecule has 0 aromatic carbocycles. The van der Waals surface area contributed by atoms with E-state index >= 15 is 0 Å². The summed E-state index contributed by atoms with van der Waals surface area (Å²) in [6, 6.07) is 0. The van der Waals surface area contributed by atoms with Gasteiger partial charge in [0.15, 0.2) is 12.6 Å². The molecule has 0 aromatic heterocycles. The second kappa shape index (κ2) is 18.3. The zero-order valence-electron chi connectivity index (χ0n) is 33.1. The molecule has 2 heterocycles. The first-order chi connectivity index (χ1) is 24.8. The minimum absolute atomic E-state index is 0.104. The summed E-state index contributed by atoms with van der Waals surface area (Å²) in [5.74, 6) is -0.286. The van der Waals surface area contributed by atoms with Crippen molar-refractivity contribution in [3.05, 3.63) is 58.7 Å². The van der Waals surface area contributed by atoms with Crippen LogP contribution in [0.2, 0.25) is 0 Å². The maximum absolute atomic E-state index is 14.3. The zero-order chi connectivity index (χ0) is 39.5. The molecule has 0 amide bonds. The molecule has 2 aliphatic heterocycles. The Morgan fingerprint density at radius 3 is 2.09 bits per heavy atom. The van der Waals surface area contributed by atoms with Gasteiger partial charge in [0.25, 0.3) is 0 Å². The first kappa shape index (κ1) is 43.7. The molecule has 6 N–H and O–H groups in total. The molecule has 2 aliphatic carbocycles. The Bertz CT molecular complexity index is 1410. The summed E-state index contributed by atoms with van der Waals surface area (Å²) >= 11 is 0. The van der Waals surface area contributed by atoms with Gasteiger partial charge in [0.1, 0.15) is 42.4 Å². The van der Waals surface area contributed by atoms with Gasteiger partial charge in [0.2, 0.25) is 0 Å². The summed E-state index contributed by atoms with van der Waals surface area (Å²) in [4.78, 5) is 14.3. The second-order valence-electron chi connectivity index (χ2n) is 16.7. The van der Waals surface area contributed by atoms with Gasteiger partial charge in [0.05, 0.1) is 24.4 Å². The molecule has 4 aliphatic rings. The highest BCUT2D eigenvalue weighted by Gasteiger charge is 2.55. The Morgan fingerprint density at radius 1 is 0.849 bits per heavy atom. The molecule has 0 bridgehead atoms. The number of fused-ring (bicyclic) bond motifs is 1. The van der Waals surface area contributed by atoms with Crippen molar-refractivity contribution in [1.82, 2.24) is 0 Å². The molecule has 300 valence electrons. The van der Waals surface area contributed by atoms with Gasteiger partial charge in [0, 0.05) is 11.3 Å². The molecular weight excluding hydrogens is 680 g/mol. The van der Waals surface area contributed by atoms with E-state index in [1.54, 1.807) is 6.92 Å². The summed E-state index contributed by atoms with van der Waals surface area (Å²) < 4.78 is 23.9. The molecular formula is C42H66O11. The van der Waals surface area contributed by atoms with Gasteiger partial charge in [-0.3, -0.25) is 4.79 Å². The van der Waals surface area contributed by atoms with Gasteiger partial charge in [-0.1, -0.05) is 60.9 Å². The van der Waals surface area contributed by atoms with Crippen molar-refractivity contribution in [3.8, 4) is 0 Å². The molecule has 53 heavy (non-hydrogen) atoms.